The highest BCUT2D eigenvalue weighted by Crippen LogP contribution is 2.65. The Morgan fingerprint density at radius 3 is 2.65 bits per heavy atom. The molecule has 0 amide bonds. The van der Waals surface area contributed by atoms with Gasteiger partial charge in [-0.15, -0.1) is 0 Å². The van der Waals surface area contributed by atoms with Crippen molar-refractivity contribution in [2.75, 3.05) is 7.11 Å². The third kappa shape index (κ3) is 1.49. The topological polar surface area (TPSA) is 26.3 Å². The molecule has 0 saturated heterocycles. The number of methoxy groups -OCH3 is 1. The maximum Gasteiger partial charge on any atom is 0.308 e. The van der Waals surface area contributed by atoms with Gasteiger partial charge in [-0.2, -0.15) is 0 Å². The molecule has 0 spiro atoms. The van der Waals surface area contributed by atoms with Gasteiger partial charge in [-0.3, -0.25) is 4.79 Å². The number of hydrogen-bond acceptors (Lipinski definition) is 2. The Kier molecular flexibility index (Phi) is 2.72. The Morgan fingerprint density at radius 1 is 1.24 bits per heavy atom. The first kappa shape index (κ1) is 11.6. The van der Waals surface area contributed by atoms with Crippen LogP contribution >= 0.6 is 0 Å². The second kappa shape index (κ2) is 4.00. The number of carbonyl (C=O) groups is 1. The predicted octanol–water partition coefficient (Wildman–Crippen LogP) is 3.11. The average Bonchev–Trinajstić information content (AvgIpc) is 2.98. The van der Waals surface area contributed by atoms with E-state index in [0.29, 0.717) is 5.92 Å². The predicted molar refractivity (Wildman–Crippen MR) is 66.3 cm³/mol. The Hall–Kier alpha value is -0.530. The minimum absolute atomic E-state index is 0.0584. The number of carbonyl (C=O) groups excluding carboxylic acids is 1. The highest BCUT2D eigenvalue weighted by atomic mass is 16.5. The van der Waals surface area contributed by atoms with Crippen molar-refractivity contribution in [2.24, 2.45) is 41.4 Å². The molecule has 7 atom stereocenters. The van der Waals surface area contributed by atoms with Gasteiger partial charge in [-0.25, -0.2) is 0 Å². The Balaban J connectivity index is 1.82. The number of esters is 1. The normalized spacial score (nSPS) is 51.6. The van der Waals surface area contributed by atoms with Crippen molar-refractivity contribution in [2.45, 2.75) is 39.5 Å². The van der Waals surface area contributed by atoms with Crippen LogP contribution in [0.1, 0.15) is 39.5 Å². The zero-order chi connectivity index (χ0) is 12.2. The lowest BCUT2D eigenvalue weighted by molar-refractivity contribution is -0.148. The van der Waals surface area contributed by atoms with E-state index < -0.39 is 0 Å². The fraction of sp³-hybridized carbons (Fsp3) is 0.933. The van der Waals surface area contributed by atoms with E-state index in [4.69, 9.17) is 4.74 Å². The average molecular weight is 236 g/mol. The summed E-state index contributed by atoms with van der Waals surface area (Å²) in [6, 6.07) is 0. The van der Waals surface area contributed by atoms with Gasteiger partial charge in [0, 0.05) is 0 Å². The van der Waals surface area contributed by atoms with Crippen LogP contribution in [0.25, 0.3) is 0 Å². The van der Waals surface area contributed by atoms with Crippen molar-refractivity contribution in [3.63, 3.8) is 0 Å². The third-order valence-corrected chi connectivity index (χ3v) is 6.04. The number of hydrogen-bond donors (Lipinski definition) is 0. The van der Waals surface area contributed by atoms with E-state index >= 15 is 0 Å². The number of rotatable bonds is 2. The van der Waals surface area contributed by atoms with E-state index in [9.17, 15) is 4.79 Å². The Bertz CT molecular complexity index is 325. The van der Waals surface area contributed by atoms with E-state index in [0.717, 1.165) is 36.0 Å². The minimum Gasteiger partial charge on any atom is -0.469 e. The summed E-state index contributed by atoms with van der Waals surface area (Å²) in [5.41, 5.74) is 0. The molecule has 7 unspecified atom stereocenters. The summed E-state index contributed by atoms with van der Waals surface area (Å²) in [6.45, 7) is 4.74. The molecule has 0 aromatic heterocycles. The van der Waals surface area contributed by atoms with Crippen molar-refractivity contribution < 1.29 is 9.53 Å². The van der Waals surface area contributed by atoms with E-state index in [-0.39, 0.29) is 11.9 Å². The molecule has 2 heteroatoms. The molecule has 0 N–H and O–H groups in total. The van der Waals surface area contributed by atoms with Gasteiger partial charge in [0.2, 0.25) is 0 Å². The third-order valence-electron chi connectivity index (χ3n) is 6.04. The second-order valence-corrected chi connectivity index (χ2v) is 6.56. The highest BCUT2D eigenvalue weighted by molar-refractivity contribution is 5.73. The first-order valence-corrected chi connectivity index (χ1v) is 7.25. The molecule has 3 aliphatic carbocycles. The van der Waals surface area contributed by atoms with Gasteiger partial charge >= 0.3 is 5.97 Å². The molecule has 17 heavy (non-hydrogen) atoms. The molecular weight excluding hydrogens is 212 g/mol. The van der Waals surface area contributed by atoms with Gasteiger partial charge in [-0.05, 0) is 54.8 Å². The Morgan fingerprint density at radius 2 is 2.00 bits per heavy atom. The smallest absolute Gasteiger partial charge is 0.308 e. The zero-order valence-electron chi connectivity index (χ0n) is 11.2. The molecule has 3 fully saturated rings. The van der Waals surface area contributed by atoms with Crippen LogP contribution in [-0.4, -0.2) is 13.1 Å². The molecule has 96 valence electrons. The lowest BCUT2D eigenvalue weighted by Crippen LogP contribution is -2.33. The lowest BCUT2D eigenvalue weighted by atomic mass is 9.71. The van der Waals surface area contributed by atoms with Crippen LogP contribution in [0.15, 0.2) is 0 Å². The van der Waals surface area contributed by atoms with Crippen molar-refractivity contribution in [1.29, 1.82) is 0 Å². The van der Waals surface area contributed by atoms with Crippen LogP contribution in [0.5, 0.6) is 0 Å². The van der Waals surface area contributed by atoms with Crippen LogP contribution in [0, 0.1) is 41.4 Å². The van der Waals surface area contributed by atoms with E-state index in [1.807, 2.05) is 0 Å². The van der Waals surface area contributed by atoms with Crippen molar-refractivity contribution in [3.05, 3.63) is 0 Å². The SMILES string of the molecule is CCC1CC(C)C2C3CC(CC3C(=O)OC)C12. The number of ether oxygens (including phenoxy) is 1. The fourth-order valence-corrected chi connectivity index (χ4v) is 5.60. The maximum atomic E-state index is 11.8. The quantitative estimate of drug-likeness (QED) is 0.689. The molecule has 3 aliphatic rings. The van der Waals surface area contributed by atoms with E-state index in [1.165, 1.54) is 19.3 Å². The molecule has 0 aliphatic heterocycles. The first-order valence-electron chi connectivity index (χ1n) is 7.25. The lowest BCUT2D eigenvalue weighted by Gasteiger charge is -2.33. The van der Waals surface area contributed by atoms with Crippen molar-refractivity contribution >= 4 is 5.97 Å². The zero-order valence-corrected chi connectivity index (χ0v) is 11.2. The van der Waals surface area contributed by atoms with Crippen LogP contribution < -0.4 is 0 Å². The van der Waals surface area contributed by atoms with Crippen LogP contribution in [0.4, 0.5) is 0 Å². The second-order valence-electron chi connectivity index (χ2n) is 6.56. The Labute approximate surface area is 104 Å². The maximum absolute atomic E-state index is 11.8. The summed E-state index contributed by atoms with van der Waals surface area (Å²) in [6.07, 6.45) is 5.14. The first-order chi connectivity index (χ1) is 8.17. The molecule has 0 aromatic rings. The molecule has 0 radical (unpaired) electrons. The molecule has 2 nitrogen and oxygen atoms in total. The largest absolute Gasteiger partial charge is 0.469 e. The van der Waals surface area contributed by atoms with Gasteiger partial charge in [0.1, 0.15) is 0 Å². The summed E-state index contributed by atoms with van der Waals surface area (Å²) in [4.78, 5) is 11.8. The van der Waals surface area contributed by atoms with E-state index in [1.54, 1.807) is 7.11 Å². The van der Waals surface area contributed by atoms with Gasteiger partial charge < -0.3 is 4.74 Å². The van der Waals surface area contributed by atoms with Gasteiger partial charge in [-0.1, -0.05) is 20.3 Å². The van der Waals surface area contributed by atoms with Gasteiger partial charge in [0.15, 0.2) is 0 Å². The van der Waals surface area contributed by atoms with Crippen LogP contribution in [-0.2, 0) is 9.53 Å². The highest BCUT2D eigenvalue weighted by Gasteiger charge is 2.60. The van der Waals surface area contributed by atoms with Crippen molar-refractivity contribution in [3.8, 4) is 0 Å². The summed E-state index contributed by atoms with van der Waals surface area (Å²) in [7, 11) is 1.54. The molecule has 3 rings (SSSR count). The monoisotopic (exact) mass is 236 g/mol. The molecule has 0 aromatic carbocycles. The standard InChI is InChI=1S/C15H24O2/c1-4-9-5-8(2)13-11-6-10(14(9)13)7-12(11)15(16)17-3/h8-14H,4-7H2,1-3H3. The molecular formula is C15H24O2. The number of fused-ring (bicyclic) bond motifs is 5. The summed E-state index contributed by atoms with van der Waals surface area (Å²) < 4.78 is 4.98. The molecule has 3 saturated carbocycles. The van der Waals surface area contributed by atoms with Crippen LogP contribution in [0.2, 0.25) is 0 Å². The van der Waals surface area contributed by atoms with Gasteiger partial charge in [0.25, 0.3) is 0 Å². The minimum atomic E-state index is 0.0584. The van der Waals surface area contributed by atoms with Crippen molar-refractivity contribution in [1.82, 2.24) is 0 Å². The van der Waals surface area contributed by atoms with Gasteiger partial charge in [0.05, 0.1) is 13.0 Å². The van der Waals surface area contributed by atoms with Crippen LogP contribution in [0.3, 0.4) is 0 Å². The summed E-state index contributed by atoms with van der Waals surface area (Å²) in [5, 5.41) is 0. The molecule has 0 heterocycles. The van der Waals surface area contributed by atoms with E-state index in [2.05, 4.69) is 13.8 Å². The summed E-state index contributed by atoms with van der Waals surface area (Å²) in [5.74, 6) is 5.26. The fourth-order valence-electron chi connectivity index (χ4n) is 5.60. The summed E-state index contributed by atoms with van der Waals surface area (Å²) >= 11 is 0. The molecule has 2 bridgehead atoms.